The van der Waals surface area contributed by atoms with Crippen molar-refractivity contribution in [2.45, 2.75) is 26.4 Å². The van der Waals surface area contributed by atoms with Gasteiger partial charge in [0, 0.05) is 6.08 Å². The Morgan fingerprint density at radius 1 is 1.33 bits per heavy atom. The summed E-state index contributed by atoms with van der Waals surface area (Å²) in [5, 5.41) is 0. The van der Waals surface area contributed by atoms with Gasteiger partial charge in [-0.1, -0.05) is 29.8 Å². The summed E-state index contributed by atoms with van der Waals surface area (Å²) in [6.45, 7) is 3.86. The van der Waals surface area contributed by atoms with Gasteiger partial charge in [0.2, 0.25) is 0 Å². The Kier molecular flexibility index (Phi) is 2.58. The van der Waals surface area contributed by atoms with Gasteiger partial charge in [0.15, 0.2) is 5.78 Å². The average Bonchev–Trinajstić information content (AvgIpc) is 2.16. The van der Waals surface area contributed by atoms with Crippen molar-refractivity contribution < 1.29 is 9.53 Å². The van der Waals surface area contributed by atoms with Crippen LogP contribution in [-0.4, -0.2) is 5.78 Å². The molecule has 0 aromatic heterocycles. The first-order valence-electron chi connectivity index (χ1n) is 5.09. The minimum absolute atomic E-state index is 0.109. The van der Waals surface area contributed by atoms with E-state index >= 15 is 0 Å². The lowest BCUT2D eigenvalue weighted by molar-refractivity contribution is -0.118. The van der Waals surface area contributed by atoms with Gasteiger partial charge in [0.05, 0.1) is 12.2 Å². The standard InChI is InChI=1S/C13H14O2/c1-9-4-3-5-11(6-9)13-8-12(14)7-10(2)15-13/h3-7,13H,8H2,1-2H3. The van der Waals surface area contributed by atoms with Crippen LogP contribution in [0.5, 0.6) is 0 Å². The lowest BCUT2D eigenvalue weighted by Crippen LogP contribution is -2.14. The summed E-state index contributed by atoms with van der Waals surface area (Å²) >= 11 is 0. The van der Waals surface area contributed by atoms with Gasteiger partial charge in [-0.25, -0.2) is 0 Å². The van der Waals surface area contributed by atoms with Crippen LogP contribution >= 0.6 is 0 Å². The first-order chi connectivity index (χ1) is 7.15. The van der Waals surface area contributed by atoms with E-state index in [-0.39, 0.29) is 11.9 Å². The van der Waals surface area contributed by atoms with Crippen molar-refractivity contribution in [3.05, 3.63) is 47.2 Å². The van der Waals surface area contributed by atoms with Gasteiger partial charge in [-0.2, -0.15) is 0 Å². The lowest BCUT2D eigenvalue weighted by atomic mass is 10.0. The van der Waals surface area contributed by atoms with E-state index in [0.717, 1.165) is 5.56 Å². The zero-order valence-corrected chi connectivity index (χ0v) is 8.99. The van der Waals surface area contributed by atoms with Crippen molar-refractivity contribution >= 4 is 5.78 Å². The van der Waals surface area contributed by atoms with E-state index in [9.17, 15) is 4.79 Å². The number of carbonyl (C=O) groups is 1. The van der Waals surface area contributed by atoms with E-state index in [2.05, 4.69) is 6.07 Å². The Balaban J connectivity index is 2.26. The van der Waals surface area contributed by atoms with Crippen LogP contribution in [0, 0.1) is 6.92 Å². The van der Waals surface area contributed by atoms with E-state index in [1.165, 1.54) is 5.56 Å². The molecule has 1 unspecified atom stereocenters. The molecule has 0 aliphatic carbocycles. The molecular formula is C13H14O2. The molecule has 1 aliphatic rings. The molecule has 1 aromatic carbocycles. The monoisotopic (exact) mass is 202 g/mol. The third-order valence-corrected chi connectivity index (χ3v) is 2.49. The average molecular weight is 202 g/mol. The van der Waals surface area contributed by atoms with Crippen LogP contribution < -0.4 is 0 Å². The van der Waals surface area contributed by atoms with Gasteiger partial charge < -0.3 is 4.74 Å². The Morgan fingerprint density at radius 3 is 2.80 bits per heavy atom. The van der Waals surface area contributed by atoms with Crippen molar-refractivity contribution in [3.63, 3.8) is 0 Å². The molecule has 1 aliphatic heterocycles. The summed E-state index contributed by atoms with van der Waals surface area (Å²) < 4.78 is 5.64. The van der Waals surface area contributed by atoms with E-state index in [0.29, 0.717) is 12.2 Å². The molecule has 1 aromatic rings. The Labute approximate surface area is 89.6 Å². The molecule has 2 rings (SSSR count). The highest BCUT2D eigenvalue weighted by Gasteiger charge is 2.21. The first kappa shape index (κ1) is 9.97. The summed E-state index contributed by atoms with van der Waals surface area (Å²) in [5.74, 6) is 0.850. The predicted molar refractivity (Wildman–Crippen MR) is 58.4 cm³/mol. The van der Waals surface area contributed by atoms with E-state index < -0.39 is 0 Å². The fraction of sp³-hybridized carbons (Fsp3) is 0.308. The van der Waals surface area contributed by atoms with Gasteiger partial charge in [0.25, 0.3) is 0 Å². The summed E-state index contributed by atoms with van der Waals surface area (Å²) in [5.41, 5.74) is 2.27. The Hall–Kier alpha value is -1.57. The van der Waals surface area contributed by atoms with Crippen LogP contribution in [-0.2, 0) is 9.53 Å². The SMILES string of the molecule is CC1=CC(=O)CC(c2cccc(C)c2)O1. The van der Waals surface area contributed by atoms with Gasteiger partial charge in [0.1, 0.15) is 6.10 Å². The normalized spacial score (nSPS) is 20.8. The molecular weight excluding hydrogens is 188 g/mol. The number of allylic oxidation sites excluding steroid dienone is 2. The van der Waals surface area contributed by atoms with Crippen LogP contribution in [0.25, 0.3) is 0 Å². The van der Waals surface area contributed by atoms with E-state index in [4.69, 9.17) is 4.74 Å². The second kappa shape index (κ2) is 3.89. The first-order valence-corrected chi connectivity index (χ1v) is 5.09. The highest BCUT2D eigenvalue weighted by Crippen LogP contribution is 2.28. The van der Waals surface area contributed by atoms with Crippen LogP contribution in [0.4, 0.5) is 0 Å². The smallest absolute Gasteiger partial charge is 0.163 e. The topological polar surface area (TPSA) is 26.3 Å². The molecule has 2 nitrogen and oxygen atoms in total. The molecule has 2 heteroatoms. The van der Waals surface area contributed by atoms with E-state index in [1.54, 1.807) is 6.08 Å². The second-order valence-corrected chi connectivity index (χ2v) is 3.95. The maximum absolute atomic E-state index is 11.4. The molecule has 0 radical (unpaired) electrons. The number of ketones is 1. The molecule has 0 spiro atoms. The maximum Gasteiger partial charge on any atom is 0.163 e. The third-order valence-electron chi connectivity index (χ3n) is 2.49. The molecule has 0 saturated heterocycles. The van der Waals surface area contributed by atoms with Crippen molar-refractivity contribution in [2.75, 3.05) is 0 Å². The van der Waals surface area contributed by atoms with Gasteiger partial charge in [-0.15, -0.1) is 0 Å². The van der Waals surface area contributed by atoms with Crippen LogP contribution in [0.15, 0.2) is 36.1 Å². The summed E-state index contributed by atoms with van der Waals surface area (Å²) in [6.07, 6.45) is 1.90. The predicted octanol–water partition coefficient (Wildman–Crippen LogP) is 2.93. The third kappa shape index (κ3) is 2.27. The van der Waals surface area contributed by atoms with Gasteiger partial charge in [-0.05, 0) is 19.4 Å². The molecule has 1 heterocycles. The van der Waals surface area contributed by atoms with Gasteiger partial charge in [-0.3, -0.25) is 4.79 Å². The van der Waals surface area contributed by atoms with Crippen molar-refractivity contribution in [1.29, 1.82) is 0 Å². The number of ether oxygens (including phenoxy) is 1. The fourth-order valence-corrected chi connectivity index (χ4v) is 1.82. The molecule has 15 heavy (non-hydrogen) atoms. The summed E-state index contributed by atoms with van der Waals surface area (Å²) in [7, 11) is 0. The van der Waals surface area contributed by atoms with Gasteiger partial charge >= 0.3 is 0 Å². The van der Waals surface area contributed by atoms with Crippen LogP contribution in [0.1, 0.15) is 30.6 Å². The Morgan fingerprint density at radius 2 is 2.13 bits per heavy atom. The molecule has 0 N–H and O–H groups in total. The van der Waals surface area contributed by atoms with Crippen molar-refractivity contribution in [3.8, 4) is 0 Å². The number of rotatable bonds is 1. The minimum Gasteiger partial charge on any atom is -0.490 e. The second-order valence-electron chi connectivity index (χ2n) is 3.95. The summed E-state index contributed by atoms with van der Waals surface area (Å²) in [4.78, 5) is 11.4. The maximum atomic E-state index is 11.4. The van der Waals surface area contributed by atoms with Crippen LogP contribution in [0.3, 0.4) is 0 Å². The number of hydrogen-bond acceptors (Lipinski definition) is 2. The zero-order valence-electron chi connectivity index (χ0n) is 8.99. The quantitative estimate of drug-likeness (QED) is 0.699. The fourth-order valence-electron chi connectivity index (χ4n) is 1.82. The number of benzene rings is 1. The number of hydrogen-bond donors (Lipinski definition) is 0. The highest BCUT2D eigenvalue weighted by atomic mass is 16.5. The molecule has 0 amide bonds. The highest BCUT2D eigenvalue weighted by molar-refractivity contribution is 5.91. The van der Waals surface area contributed by atoms with Crippen molar-refractivity contribution in [1.82, 2.24) is 0 Å². The molecule has 0 fully saturated rings. The van der Waals surface area contributed by atoms with Crippen LogP contribution in [0.2, 0.25) is 0 Å². The summed E-state index contributed by atoms with van der Waals surface area (Å²) in [6, 6.07) is 8.10. The van der Waals surface area contributed by atoms with E-state index in [1.807, 2.05) is 32.0 Å². The molecule has 1 atom stereocenters. The molecule has 78 valence electrons. The Bertz CT molecular complexity index is 418. The lowest BCUT2D eigenvalue weighted by Gasteiger charge is -2.22. The number of carbonyl (C=O) groups excluding carboxylic acids is 1. The minimum atomic E-state index is -0.109. The molecule has 0 saturated carbocycles. The number of aryl methyl sites for hydroxylation is 1. The zero-order chi connectivity index (χ0) is 10.8. The largest absolute Gasteiger partial charge is 0.490 e. The van der Waals surface area contributed by atoms with Crippen molar-refractivity contribution in [2.24, 2.45) is 0 Å². The molecule has 0 bridgehead atoms.